The SMILES string of the molecule is COC(=O)/C=C/CC[C@H](NC(=O)/C(SN)=C(\C)N)C(=O)Nc1cccn(CC(=O)NC2C(C)CC3CCCC2C3)c1=O. The summed E-state index contributed by atoms with van der Waals surface area (Å²) in [6, 6.07) is 1.99. The molecule has 0 aromatic carbocycles. The lowest BCUT2D eigenvalue weighted by atomic mass is 9.65. The maximum absolute atomic E-state index is 13.2. The predicted molar refractivity (Wildman–Crippen MR) is 161 cm³/mol. The largest absolute Gasteiger partial charge is 0.466 e. The number of allylic oxidation sites excluding steroid dienone is 2. The van der Waals surface area contributed by atoms with E-state index in [-0.39, 0.29) is 47.6 Å². The number of nitrogens with two attached hydrogens (primary N) is 2. The number of hydrogen-bond acceptors (Lipinski definition) is 9. The van der Waals surface area contributed by atoms with Gasteiger partial charge in [0, 0.05) is 24.0 Å². The molecule has 230 valence electrons. The molecule has 13 heteroatoms. The topological polar surface area (TPSA) is 188 Å². The summed E-state index contributed by atoms with van der Waals surface area (Å²) in [6.45, 7) is 3.50. The van der Waals surface area contributed by atoms with Crippen molar-refractivity contribution < 1.29 is 23.9 Å². The Labute approximate surface area is 250 Å². The number of anilines is 1. The Morgan fingerprint density at radius 3 is 2.69 bits per heavy atom. The van der Waals surface area contributed by atoms with E-state index in [2.05, 4.69) is 27.6 Å². The number of hydrogen-bond donors (Lipinski definition) is 5. The van der Waals surface area contributed by atoms with Crippen LogP contribution in [-0.4, -0.2) is 47.5 Å². The number of ether oxygens (including phenoxy) is 1. The maximum Gasteiger partial charge on any atom is 0.330 e. The lowest BCUT2D eigenvalue weighted by molar-refractivity contribution is -0.134. The van der Waals surface area contributed by atoms with Crippen molar-refractivity contribution in [3.8, 4) is 0 Å². The summed E-state index contributed by atoms with van der Waals surface area (Å²) in [5.74, 6) is -0.534. The van der Waals surface area contributed by atoms with E-state index in [4.69, 9.17) is 10.9 Å². The quantitative estimate of drug-likeness (QED) is 0.135. The highest BCUT2D eigenvalue weighted by Gasteiger charge is 2.38. The number of pyridine rings is 1. The fraction of sp³-hybridized carbons (Fsp3) is 0.552. The Hall–Kier alpha value is -3.58. The summed E-state index contributed by atoms with van der Waals surface area (Å²) in [5.41, 5.74) is 5.32. The van der Waals surface area contributed by atoms with Crippen molar-refractivity contribution in [2.45, 2.75) is 77.4 Å². The van der Waals surface area contributed by atoms with Gasteiger partial charge in [0.15, 0.2) is 0 Å². The second-order valence-electron chi connectivity index (χ2n) is 11.1. The second-order valence-corrected chi connectivity index (χ2v) is 11.7. The molecule has 1 heterocycles. The van der Waals surface area contributed by atoms with Crippen LogP contribution in [0, 0.1) is 17.8 Å². The highest BCUT2D eigenvalue weighted by molar-refractivity contribution is 8.01. The normalized spacial score (nSPS) is 23.0. The molecule has 2 aliphatic rings. The van der Waals surface area contributed by atoms with Crippen LogP contribution in [0.2, 0.25) is 0 Å². The number of methoxy groups -OCH3 is 1. The van der Waals surface area contributed by atoms with Gasteiger partial charge in [0.2, 0.25) is 11.8 Å². The minimum atomic E-state index is -1.09. The van der Waals surface area contributed by atoms with Crippen molar-refractivity contribution in [1.29, 1.82) is 0 Å². The van der Waals surface area contributed by atoms with Gasteiger partial charge in [0.05, 0.1) is 7.11 Å². The molecule has 0 spiro atoms. The number of amides is 3. The molecule has 3 rings (SSSR count). The zero-order chi connectivity index (χ0) is 30.8. The first-order valence-electron chi connectivity index (χ1n) is 14.2. The summed E-state index contributed by atoms with van der Waals surface area (Å²) in [7, 11) is 1.24. The van der Waals surface area contributed by atoms with E-state index in [0.717, 1.165) is 25.2 Å². The summed E-state index contributed by atoms with van der Waals surface area (Å²) < 4.78 is 5.81. The molecule has 42 heavy (non-hydrogen) atoms. The molecule has 2 saturated carbocycles. The Morgan fingerprint density at radius 2 is 2.00 bits per heavy atom. The number of carbonyl (C=O) groups is 4. The Kier molecular flexibility index (Phi) is 12.2. The Bertz CT molecular complexity index is 1270. The molecule has 2 bridgehead atoms. The molecule has 1 aromatic heterocycles. The van der Waals surface area contributed by atoms with Gasteiger partial charge in [0.25, 0.3) is 11.5 Å². The van der Waals surface area contributed by atoms with Gasteiger partial charge in [0.1, 0.15) is 23.2 Å². The summed E-state index contributed by atoms with van der Waals surface area (Å²) in [6.07, 6.45) is 10.4. The van der Waals surface area contributed by atoms with Crippen molar-refractivity contribution in [3.63, 3.8) is 0 Å². The summed E-state index contributed by atoms with van der Waals surface area (Å²) in [5, 5.41) is 13.9. The first-order valence-corrected chi connectivity index (χ1v) is 15.1. The molecule has 2 aliphatic carbocycles. The van der Waals surface area contributed by atoms with E-state index in [0.29, 0.717) is 23.8 Å². The van der Waals surface area contributed by atoms with Crippen LogP contribution in [0.3, 0.4) is 0 Å². The van der Waals surface area contributed by atoms with Crippen LogP contribution in [0.15, 0.2) is 45.9 Å². The fourth-order valence-electron chi connectivity index (χ4n) is 5.96. The van der Waals surface area contributed by atoms with Gasteiger partial charge in [-0.25, -0.2) is 4.79 Å². The number of nitrogens with zero attached hydrogens (tertiary/aromatic N) is 1. The smallest absolute Gasteiger partial charge is 0.330 e. The van der Waals surface area contributed by atoms with Crippen molar-refractivity contribution in [3.05, 3.63) is 51.4 Å². The highest BCUT2D eigenvalue weighted by Crippen LogP contribution is 2.42. The summed E-state index contributed by atoms with van der Waals surface area (Å²) >= 11 is 0.651. The maximum atomic E-state index is 13.2. The minimum Gasteiger partial charge on any atom is -0.466 e. The highest BCUT2D eigenvalue weighted by atomic mass is 32.2. The molecule has 2 fully saturated rings. The standard InChI is InChI=1S/C29H42N6O6S/c1-17-14-19-8-6-9-20(15-19)25(17)34-23(36)16-35-13-7-11-22(29(35)40)33-27(38)21(10-4-5-12-24(37)41-3)32-28(39)26(42-31)18(2)30/h5,7,11-13,17,19-21,25H,4,6,8-10,14-16,30-31H2,1-3H3,(H,32,39)(H,33,38)(H,34,36)/b12-5+,26-18-/t17?,19?,20?,21-,25?/m0/s1. The van der Waals surface area contributed by atoms with Gasteiger partial charge in [-0.3, -0.25) is 24.3 Å². The van der Waals surface area contributed by atoms with Crippen LogP contribution in [0.1, 0.15) is 58.8 Å². The monoisotopic (exact) mass is 602 g/mol. The number of rotatable bonds is 12. The third-order valence-electron chi connectivity index (χ3n) is 7.95. The predicted octanol–water partition coefficient (Wildman–Crippen LogP) is 1.91. The lowest BCUT2D eigenvalue weighted by Gasteiger charge is -2.44. The average molecular weight is 603 g/mol. The third-order valence-corrected chi connectivity index (χ3v) is 8.69. The first-order chi connectivity index (χ1) is 20.0. The molecule has 7 N–H and O–H groups in total. The van der Waals surface area contributed by atoms with Crippen molar-refractivity contribution in [2.75, 3.05) is 12.4 Å². The Morgan fingerprint density at radius 1 is 1.24 bits per heavy atom. The van der Waals surface area contributed by atoms with Crippen molar-refractivity contribution in [2.24, 2.45) is 28.6 Å². The molecule has 3 amide bonds. The van der Waals surface area contributed by atoms with E-state index in [1.54, 1.807) is 6.07 Å². The van der Waals surface area contributed by atoms with Gasteiger partial charge >= 0.3 is 5.97 Å². The summed E-state index contributed by atoms with van der Waals surface area (Å²) in [4.78, 5) is 63.6. The molecule has 0 saturated heterocycles. The zero-order valence-electron chi connectivity index (χ0n) is 24.4. The molecule has 0 aliphatic heterocycles. The molecular weight excluding hydrogens is 560 g/mol. The number of fused-ring (bicyclic) bond motifs is 2. The van der Waals surface area contributed by atoms with Crippen molar-refractivity contribution >= 4 is 41.3 Å². The van der Waals surface area contributed by atoms with Crippen LogP contribution in [0.5, 0.6) is 0 Å². The molecular formula is C29H42N6O6S. The molecule has 1 aromatic rings. The number of nitrogens with one attached hydrogen (secondary N) is 3. The van der Waals surface area contributed by atoms with Crippen LogP contribution in [-0.2, 0) is 30.5 Å². The molecule has 12 nitrogen and oxygen atoms in total. The Balaban J connectivity index is 1.70. The van der Waals surface area contributed by atoms with Gasteiger partial charge in [-0.2, -0.15) is 0 Å². The van der Waals surface area contributed by atoms with Crippen LogP contribution in [0.25, 0.3) is 0 Å². The van der Waals surface area contributed by atoms with Gasteiger partial charge < -0.3 is 31.0 Å². The van der Waals surface area contributed by atoms with E-state index >= 15 is 0 Å². The van der Waals surface area contributed by atoms with Gasteiger partial charge in [-0.1, -0.05) is 25.8 Å². The van der Waals surface area contributed by atoms with Crippen molar-refractivity contribution in [1.82, 2.24) is 15.2 Å². The molecule has 4 unspecified atom stereocenters. The molecule has 0 radical (unpaired) electrons. The van der Waals surface area contributed by atoms with E-state index < -0.39 is 29.4 Å². The molecule has 5 atom stereocenters. The van der Waals surface area contributed by atoms with Gasteiger partial charge in [-0.15, -0.1) is 0 Å². The first kappa shape index (κ1) is 32.9. The van der Waals surface area contributed by atoms with E-state index in [1.807, 2.05) is 0 Å². The van der Waals surface area contributed by atoms with Crippen LogP contribution < -0.4 is 32.4 Å². The number of esters is 1. The zero-order valence-corrected chi connectivity index (χ0v) is 25.2. The van der Waals surface area contributed by atoms with E-state index in [1.165, 1.54) is 55.9 Å². The van der Waals surface area contributed by atoms with Crippen LogP contribution in [0.4, 0.5) is 5.69 Å². The van der Waals surface area contributed by atoms with Gasteiger partial charge in [-0.05, 0) is 80.9 Å². The minimum absolute atomic E-state index is 0.0419. The fourth-order valence-corrected chi connectivity index (χ4v) is 6.31. The average Bonchev–Trinajstić information content (AvgIpc) is 2.94. The third kappa shape index (κ3) is 8.96. The van der Waals surface area contributed by atoms with Crippen LogP contribution >= 0.6 is 11.9 Å². The number of carbonyl (C=O) groups excluding carboxylic acids is 4. The lowest BCUT2D eigenvalue weighted by Crippen LogP contribution is -2.50. The number of aromatic nitrogens is 1. The second kappa shape index (κ2) is 15.6. The van der Waals surface area contributed by atoms with E-state index in [9.17, 15) is 24.0 Å².